The second kappa shape index (κ2) is 8.65. The molecule has 2 rings (SSSR count). The second-order valence-electron chi connectivity index (χ2n) is 6.45. The molecule has 2 amide bonds. The molecule has 0 bridgehead atoms. The summed E-state index contributed by atoms with van der Waals surface area (Å²) in [5.41, 5.74) is -0.839. The molecule has 7 heteroatoms. The topological polar surface area (TPSA) is 86.7 Å². The molecule has 1 atom stereocenters. The number of benzene rings is 2. The number of nitrogens with zero attached hydrogens (tertiary/aromatic N) is 1. The van der Waals surface area contributed by atoms with Gasteiger partial charge in [0, 0.05) is 24.2 Å². The molecule has 2 N–H and O–H groups in total. The van der Waals surface area contributed by atoms with Crippen molar-refractivity contribution in [1.29, 1.82) is 0 Å². The number of carboxylic acid groups (broad SMARTS) is 1. The molecule has 148 valence electrons. The van der Waals surface area contributed by atoms with Gasteiger partial charge in [-0.25, -0.2) is 9.18 Å². The number of amides is 2. The summed E-state index contributed by atoms with van der Waals surface area (Å²) in [6, 6.07) is 10.9. The van der Waals surface area contributed by atoms with E-state index in [1.165, 1.54) is 43.3 Å². The van der Waals surface area contributed by atoms with Crippen molar-refractivity contribution in [3.8, 4) is 0 Å². The molecule has 0 aromatic heterocycles. The van der Waals surface area contributed by atoms with E-state index in [4.69, 9.17) is 0 Å². The summed E-state index contributed by atoms with van der Waals surface area (Å²) in [5.74, 6) is -2.54. The monoisotopic (exact) mass is 386 g/mol. The molecular weight excluding hydrogens is 363 g/mol. The van der Waals surface area contributed by atoms with E-state index in [-0.39, 0.29) is 17.0 Å². The zero-order valence-electron chi connectivity index (χ0n) is 16.0. The van der Waals surface area contributed by atoms with Gasteiger partial charge in [-0.15, -0.1) is 0 Å². The third-order valence-corrected chi connectivity index (χ3v) is 4.66. The van der Waals surface area contributed by atoms with Gasteiger partial charge < -0.3 is 15.3 Å². The number of rotatable bonds is 7. The lowest BCUT2D eigenvalue weighted by atomic mass is 9.91. The molecule has 0 saturated carbocycles. The number of nitrogens with one attached hydrogen (secondary N) is 1. The maximum absolute atomic E-state index is 13.1. The van der Waals surface area contributed by atoms with E-state index in [0.717, 1.165) is 12.1 Å². The highest BCUT2D eigenvalue weighted by Crippen LogP contribution is 2.22. The predicted octanol–water partition coefficient (Wildman–Crippen LogP) is 3.04. The van der Waals surface area contributed by atoms with Crippen molar-refractivity contribution in [3.63, 3.8) is 0 Å². The van der Waals surface area contributed by atoms with Gasteiger partial charge in [0.15, 0.2) is 5.54 Å². The largest absolute Gasteiger partial charge is 0.479 e. The molecular formula is C21H23FN2O4. The molecule has 0 saturated heterocycles. The Morgan fingerprint density at radius 1 is 0.964 bits per heavy atom. The van der Waals surface area contributed by atoms with Gasteiger partial charge in [-0.2, -0.15) is 0 Å². The Labute approximate surface area is 163 Å². The van der Waals surface area contributed by atoms with E-state index >= 15 is 0 Å². The SMILES string of the molecule is CCN(CC)C(=O)c1ccc(C(=O)NC(C)(C(=O)O)c2ccc(F)cc2)cc1. The average molecular weight is 386 g/mol. The van der Waals surface area contributed by atoms with Gasteiger partial charge in [0.25, 0.3) is 11.8 Å². The minimum Gasteiger partial charge on any atom is -0.479 e. The fourth-order valence-electron chi connectivity index (χ4n) is 2.79. The molecule has 0 aliphatic rings. The molecule has 6 nitrogen and oxygen atoms in total. The molecule has 0 spiro atoms. The zero-order valence-corrected chi connectivity index (χ0v) is 16.0. The van der Waals surface area contributed by atoms with Gasteiger partial charge in [0.1, 0.15) is 5.82 Å². The Balaban J connectivity index is 2.23. The van der Waals surface area contributed by atoms with Crippen molar-refractivity contribution >= 4 is 17.8 Å². The number of halogens is 1. The number of carboxylic acids is 1. The summed E-state index contributed by atoms with van der Waals surface area (Å²) >= 11 is 0. The predicted molar refractivity (Wildman–Crippen MR) is 103 cm³/mol. The Kier molecular flexibility index (Phi) is 6.51. The molecule has 0 radical (unpaired) electrons. The van der Waals surface area contributed by atoms with E-state index in [1.807, 2.05) is 13.8 Å². The van der Waals surface area contributed by atoms with E-state index in [0.29, 0.717) is 18.7 Å². The number of hydrogen-bond donors (Lipinski definition) is 2. The van der Waals surface area contributed by atoms with Crippen molar-refractivity contribution in [2.45, 2.75) is 26.3 Å². The van der Waals surface area contributed by atoms with Crippen LogP contribution in [0.5, 0.6) is 0 Å². The van der Waals surface area contributed by atoms with Gasteiger partial charge in [-0.1, -0.05) is 12.1 Å². The molecule has 0 heterocycles. The second-order valence-corrected chi connectivity index (χ2v) is 6.45. The van der Waals surface area contributed by atoms with Crippen molar-refractivity contribution in [3.05, 3.63) is 71.0 Å². The van der Waals surface area contributed by atoms with Crippen LogP contribution in [-0.4, -0.2) is 40.9 Å². The van der Waals surface area contributed by atoms with Crippen LogP contribution in [0, 0.1) is 5.82 Å². The summed E-state index contributed by atoms with van der Waals surface area (Å²) in [5, 5.41) is 12.1. The van der Waals surface area contributed by atoms with Gasteiger partial charge in [0.2, 0.25) is 0 Å². The zero-order chi connectivity index (χ0) is 20.9. The Morgan fingerprint density at radius 3 is 1.93 bits per heavy atom. The van der Waals surface area contributed by atoms with Crippen LogP contribution in [0.4, 0.5) is 4.39 Å². The maximum atomic E-state index is 13.1. The minimum absolute atomic E-state index is 0.140. The minimum atomic E-state index is -1.74. The number of hydrogen-bond acceptors (Lipinski definition) is 3. The van der Waals surface area contributed by atoms with Crippen LogP contribution in [0.3, 0.4) is 0 Å². The summed E-state index contributed by atoms with van der Waals surface area (Å²) in [4.78, 5) is 38.4. The van der Waals surface area contributed by atoms with Gasteiger partial charge in [-0.3, -0.25) is 9.59 Å². The Morgan fingerprint density at radius 2 is 1.46 bits per heavy atom. The first kappa shape index (κ1) is 21.1. The molecule has 2 aromatic carbocycles. The fraction of sp³-hybridized carbons (Fsp3) is 0.286. The molecule has 2 aromatic rings. The van der Waals surface area contributed by atoms with Crippen molar-refractivity contribution in [2.75, 3.05) is 13.1 Å². The van der Waals surface area contributed by atoms with Gasteiger partial charge in [-0.05, 0) is 62.7 Å². The third kappa shape index (κ3) is 4.36. The number of aliphatic carboxylic acids is 1. The molecule has 0 fully saturated rings. The highest BCUT2D eigenvalue weighted by molar-refractivity contribution is 6.00. The van der Waals surface area contributed by atoms with E-state index in [1.54, 1.807) is 4.90 Å². The van der Waals surface area contributed by atoms with Crippen molar-refractivity contribution < 1.29 is 23.9 Å². The number of carbonyl (C=O) groups excluding carboxylic acids is 2. The van der Waals surface area contributed by atoms with Crippen molar-refractivity contribution in [2.24, 2.45) is 0 Å². The summed E-state index contributed by atoms with van der Waals surface area (Å²) < 4.78 is 13.1. The summed E-state index contributed by atoms with van der Waals surface area (Å²) in [7, 11) is 0. The standard InChI is InChI=1S/C21H23FN2O4/c1-4-24(5-2)19(26)15-8-6-14(7-9-15)18(25)23-21(3,20(27)28)16-10-12-17(22)13-11-16/h6-13H,4-5H2,1-3H3,(H,23,25)(H,27,28). The maximum Gasteiger partial charge on any atom is 0.333 e. The Hall–Kier alpha value is -3.22. The quantitative estimate of drug-likeness (QED) is 0.766. The van der Waals surface area contributed by atoms with E-state index in [2.05, 4.69) is 5.32 Å². The Bertz CT molecular complexity index is 861. The number of carbonyl (C=O) groups is 3. The first-order chi connectivity index (χ1) is 13.2. The lowest BCUT2D eigenvalue weighted by Gasteiger charge is -2.27. The molecule has 0 aliphatic heterocycles. The fourth-order valence-corrected chi connectivity index (χ4v) is 2.79. The highest BCUT2D eigenvalue weighted by atomic mass is 19.1. The van der Waals surface area contributed by atoms with Crippen LogP contribution in [-0.2, 0) is 10.3 Å². The van der Waals surface area contributed by atoms with Crippen LogP contribution in [0.1, 0.15) is 47.1 Å². The summed E-state index contributed by atoms with van der Waals surface area (Å²) in [6.45, 7) is 6.24. The van der Waals surface area contributed by atoms with Crippen molar-refractivity contribution in [1.82, 2.24) is 10.2 Å². The van der Waals surface area contributed by atoms with E-state index < -0.39 is 23.2 Å². The van der Waals surface area contributed by atoms with Gasteiger partial charge >= 0.3 is 5.97 Å². The van der Waals surface area contributed by atoms with Crippen LogP contribution in [0.2, 0.25) is 0 Å². The van der Waals surface area contributed by atoms with E-state index in [9.17, 15) is 23.9 Å². The first-order valence-electron chi connectivity index (χ1n) is 8.94. The van der Waals surface area contributed by atoms with Crippen LogP contribution >= 0.6 is 0 Å². The highest BCUT2D eigenvalue weighted by Gasteiger charge is 2.37. The first-order valence-corrected chi connectivity index (χ1v) is 8.94. The lowest BCUT2D eigenvalue weighted by Crippen LogP contribution is -2.49. The van der Waals surface area contributed by atoms with Crippen LogP contribution < -0.4 is 5.32 Å². The lowest BCUT2D eigenvalue weighted by molar-refractivity contribution is -0.144. The summed E-state index contributed by atoms with van der Waals surface area (Å²) in [6.07, 6.45) is 0. The normalized spacial score (nSPS) is 12.7. The third-order valence-electron chi connectivity index (χ3n) is 4.66. The molecule has 28 heavy (non-hydrogen) atoms. The molecule has 0 aliphatic carbocycles. The van der Waals surface area contributed by atoms with Crippen LogP contribution in [0.25, 0.3) is 0 Å². The van der Waals surface area contributed by atoms with Crippen LogP contribution in [0.15, 0.2) is 48.5 Å². The van der Waals surface area contributed by atoms with Gasteiger partial charge in [0.05, 0.1) is 0 Å². The molecule has 1 unspecified atom stereocenters. The smallest absolute Gasteiger partial charge is 0.333 e. The average Bonchev–Trinajstić information content (AvgIpc) is 2.69.